The van der Waals surface area contributed by atoms with E-state index >= 15 is 0 Å². The highest BCUT2D eigenvalue weighted by Crippen LogP contribution is 2.21. The van der Waals surface area contributed by atoms with Gasteiger partial charge in [0.25, 0.3) is 0 Å². The van der Waals surface area contributed by atoms with Gasteiger partial charge in [-0.1, -0.05) is 142 Å². The van der Waals surface area contributed by atoms with Gasteiger partial charge in [0.2, 0.25) is 12.2 Å². The van der Waals surface area contributed by atoms with E-state index in [0.717, 1.165) is 51.4 Å². The highest BCUT2D eigenvalue weighted by molar-refractivity contribution is 5.85. The molecule has 1 aliphatic rings. The molecule has 1 rings (SSSR count). The molecule has 5 N–H and O–H groups in total. The van der Waals surface area contributed by atoms with Crippen molar-refractivity contribution in [3.05, 3.63) is 0 Å². The summed E-state index contributed by atoms with van der Waals surface area (Å²) < 4.78 is 9.97. The maximum Gasteiger partial charge on any atom is 0.343 e. The van der Waals surface area contributed by atoms with E-state index in [1.807, 2.05) is 0 Å². The number of esters is 1. The van der Waals surface area contributed by atoms with E-state index in [0.29, 0.717) is 12.8 Å². The van der Waals surface area contributed by atoms with Gasteiger partial charge in [-0.15, -0.1) is 0 Å². The zero-order valence-electron chi connectivity index (χ0n) is 32.0. The maximum atomic E-state index is 13.0. The van der Waals surface area contributed by atoms with Crippen LogP contribution in [0.25, 0.3) is 0 Å². The van der Waals surface area contributed by atoms with Crippen LogP contribution in [0.2, 0.25) is 0 Å². The van der Waals surface area contributed by atoms with E-state index in [-0.39, 0.29) is 12.8 Å². The molecular weight excluding hydrogens is 696 g/mol. The first-order chi connectivity index (χ1) is 25.5. The third-order valence-corrected chi connectivity index (χ3v) is 9.29. The van der Waals surface area contributed by atoms with Crippen molar-refractivity contribution >= 4 is 23.9 Å². The first-order valence-corrected chi connectivity index (χ1v) is 20.0. The molecule has 0 amide bonds. The number of carbonyl (C=O) groups excluding carboxylic acids is 3. The fraction of sp³-hybridized carbons (Fsp3) is 0.895. The number of unbranched alkanes of at least 4 members (excludes halogenated alkanes) is 20. The van der Waals surface area contributed by atoms with Gasteiger partial charge in [-0.3, -0.25) is 9.78 Å². The topological polar surface area (TPSA) is 225 Å². The van der Waals surface area contributed by atoms with Gasteiger partial charge in [0, 0.05) is 12.8 Å². The van der Waals surface area contributed by atoms with E-state index < -0.39 is 73.4 Å². The van der Waals surface area contributed by atoms with Crippen LogP contribution in [0.1, 0.15) is 168 Å². The second kappa shape index (κ2) is 30.9. The lowest BCUT2D eigenvalue weighted by molar-refractivity contribution is -0.352. The van der Waals surface area contributed by atoms with Crippen LogP contribution in [0.3, 0.4) is 0 Å². The normalized spacial score (nSPS) is 21.1. The number of hydrogen-bond donors (Lipinski definition) is 5. The lowest BCUT2D eigenvalue weighted by atomic mass is 9.99. The van der Waals surface area contributed by atoms with Crippen molar-refractivity contribution in [1.29, 1.82) is 0 Å². The summed E-state index contributed by atoms with van der Waals surface area (Å²) in [5.74, 6) is -5.07. The van der Waals surface area contributed by atoms with Crippen molar-refractivity contribution in [2.75, 3.05) is 6.61 Å². The van der Waals surface area contributed by atoms with E-state index in [9.17, 15) is 44.7 Å². The van der Waals surface area contributed by atoms with Crippen molar-refractivity contribution in [3.63, 3.8) is 0 Å². The average molecular weight is 765 g/mol. The molecule has 0 aromatic carbocycles. The highest BCUT2D eigenvalue weighted by atomic mass is 17.2. The summed E-state index contributed by atoms with van der Waals surface area (Å²) in [5.41, 5.74) is 0. The van der Waals surface area contributed by atoms with Crippen molar-refractivity contribution in [2.24, 2.45) is 0 Å². The van der Waals surface area contributed by atoms with Gasteiger partial charge in [0.15, 0.2) is 6.29 Å². The number of carboxylic acid groups (broad SMARTS) is 1. The number of carboxylic acids is 1. The molecule has 0 bridgehead atoms. The second-order valence-electron chi connectivity index (χ2n) is 14.0. The number of hydrogen-bond acceptors (Lipinski definition) is 14. The molecule has 0 spiro atoms. The Morgan fingerprint density at radius 3 is 1.30 bits per heavy atom. The molecule has 53 heavy (non-hydrogen) atoms. The molecule has 15 nitrogen and oxygen atoms in total. The fourth-order valence-corrected chi connectivity index (χ4v) is 5.91. The summed E-state index contributed by atoms with van der Waals surface area (Å²) in [7, 11) is 0. The van der Waals surface area contributed by atoms with Crippen molar-refractivity contribution < 1.29 is 73.7 Å². The summed E-state index contributed by atoms with van der Waals surface area (Å²) in [6.45, 7) is 3.52. The maximum absolute atomic E-state index is 13.0. The average Bonchev–Trinajstić information content (AvgIpc) is 3.13. The third kappa shape index (κ3) is 22.5. The second-order valence-corrected chi connectivity index (χ2v) is 14.0. The van der Waals surface area contributed by atoms with Crippen LogP contribution >= 0.6 is 0 Å². The Labute approximate surface area is 314 Å². The smallest absolute Gasteiger partial charge is 0.343 e. The van der Waals surface area contributed by atoms with Gasteiger partial charge in [-0.2, -0.15) is 9.78 Å². The molecule has 15 heteroatoms. The molecule has 0 radical (unpaired) electrons. The molecule has 1 heterocycles. The summed E-state index contributed by atoms with van der Waals surface area (Å²) in [5, 5.41) is 49.3. The van der Waals surface area contributed by atoms with Crippen LogP contribution in [-0.2, 0) is 48.2 Å². The van der Waals surface area contributed by atoms with Crippen molar-refractivity contribution in [1.82, 2.24) is 0 Å². The highest BCUT2D eigenvalue weighted by Gasteiger charge is 2.45. The standard InChI is InChI=1S/C38H68O15/c1-3-5-7-9-11-13-15-17-19-21-23-25-29(39)50-52-34(36(44)45)35(38(47)48-27-28-31(41)32(42)33(43)37(46)49-28)53-51-30(40)26-24-22-20-18-16-14-12-10-8-6-4-2/h28,31-35,37,41-43,46H,3-27H2,1-2H3,(H,44,45)/t28-,31-,32+,33-,34-,35-,37?/m1/s1. The largest absolute Gasteiger partial charge is 0.479 e. The molecule has 1 aliphatic heterocycles. The predicted octanol–water partition coefficient (Wildman–Crippen LogP) is 5.50. The molecule has 0 aromatic rings. The van der Waals surface area contributed by atoms with E-state index in [2.05, 4.69) is 18.7 Å². The van der Waals surface area contributed by atoms with E-state index in [1.54, 1.807) is 0 Å². The lowest BCUT2D eigenvalue weighted by Gasteiger charge is -2.38. The quantitative estimate of drug-likeness (QED) is 0.0241. The van der Waals surface area contributed by atoms with Crippen LogP contribution in [0.5, 0.6) is 0 Å². The number of aliphatic carboxylic acids is 1. The number of ether oxygens (including phenoxy) is 2. The molecule has 310 valence electrons. The molecule has 1 fully saturated rings. The van der Waals surface area contributed by atoms with Crippen LogP contribution in [-0.4, -0.2) is 98.9 Å². The van der Waals surface area contributed by atoms with Gasteiger partial charge in [-0.25, -0.2) is 19.2 Å². The fourth-order valence-electron chi connectivity index (χ4n) is 5.91. The van der Waals surface area contributed by atoms with E-state index in [1.165, 1.54) is 77.0 Å². The molecule has 7 atom stereocenters. The minimum atomic E-state index is -2.34. The monoisotopic (exact) mass is 764 g/mol. The Morgan fingerprint density at radius 2 is 0.906 bits per heavy atom. The Morgan fingerprint density at radius 1 is 0.528 bits per heavy atom. The molecule has 1 unspecified atom stereocenters. The number of carbonyl (C=O) groups is 4. The SMILES string of the molecule is CCCCCCCCCCCCCC(=O)OO[C@@H](C(=O)O)[C@@H](OOC(=O)CCCCCCCCCCCCC)C(=O)OC[C@H]1OC(O)[C@H](O)[C@@H](O)[C@@H]1O. The lowest BCUT2D eigenvalue weighted by Crippen LogP contribution is -2.59. The number of aliphatic hydroxyl groups excluding tert-OH is 4. The predicted molar refractivity (Wildman–Crippen MR) is 192 cm³/mol. The minimum Gasteiger partial charge on any atom is -0.479 e. The number of aliphatic hydroxyl groups is 4. The van der Waals surface area contributed by atoms with Crippen molar-refractivity contribution in [3.8, 4) is 0 Å². The van der Waals surface area contributed by atoms with Crippen LogP contribution < -0.4 is 0 Å². The summed E-state index contributed by atoms with van der Waals surface area (Å²) in [6.07, 6.45) is 9.68. The third-order valence-electron chi connectivity index (χ3n) is 9.29. The van der Waals surface area contributed by atoms with Gasteiger partial charge in [0.1, 0.15) is 31.0 Å². The molecule has 0 aromatic heterocycles. The molecule has 0 aliphatic carbocycles. The van der Waals surface area contributed by atoms with Gasteiger partial charge >= 0.3 is 23.9 Å². The van der Waals surface area contributed by atoms with Gasteiger partial charge in [-0.05, 0) is 12.8 Å². The zero-order chi connectivity index (χ0) is 39.3. The summed E-state index contributed by atoms with van der Waals surface area (Å²) >= 11 is 0. The molecule has 0 saturated carbocycles. The van der Waals surface area contributed by atoms with E-state index in [4.69, 9.17) is 24.1 Å². The Bertz CT molecular complexity index is 979. The van der Waals surface area contributed by atoms with Crippen LogP contribution in [0.4, 0.5) is 0 Å². The molecule has 1 saturated heterocycles. The Kier molecular flexibility index (Phi) is 28.3. The van der Waals surface area contributed by atoms with Gasteiger partial charge < -0.3 is 35.0 Å². The van der Waals surface area contributed by atoms with Crippen LogP contribution in [0, 0.1) is 0 Å². The van der Waals surface area contributed by atoms with Crippen LogP contribution in [0.15, 0.2) is 0 Å². The summed E-state index contributed by atoms with van der Waals surface area (Å²) in [4.78, 5) is 69.0. The summed E-state index contributed by atoms with van der Waals surface area (Å²) in [6, 6.07) is 0. The Balaban J connectivity index is 2.62. The number of rotatable bonds is 33. The van der Waals surface area contributed by atoms with Crippen molar-refractivity contribution in [2.45, 2.75) is 211 Å². The van der Waals surface area contributed by atoms with Gasteiger partial charge in [0.05, 0.1) is 0 Å². The zero-order valence-corrected chi connectivity index (χ0v) is 32.0. The molecular formula is C38H68O15. The minimum absolute atomic E-state index is 0.0688. The Hall–Kier alpha value is -2.40. The first kappa shape index (κ1) is 48.6. The first-order valence-electron chi connectivity index (χ1n) is 20.0.